The lowest BCUT2D eigenvalue weighted by molar-refractivity contribution is -0.163. The van der Waals surface area contributed by atoms with Gasteiger partial charge in [0.15, 0.2) is 5.60 Å². The maximum Gasteiger partial charge on any atom is 0.307 e. The second-order valence-corrected chi connectivity index (χ2v) is 12.1. The van der Waals surface area contributed by atoms with Crippen molar-refractivity contribution in [1.82, 2.24) is 20.3 Å². The van der Waals surface area contributed by atoms with Crippen molar-refractivity contribution >= 4 is 42.3 Å². The number of hydrogen-bond acceptors (Lipinski definition) is 5. The molecule has 2 fully saturated rings. The van der Waals surface area contributed by atoms with Gasteiger partial charge >= 0.3 is 11.9 Å². The molecular formula is C34H38N4O5. The molecule has 9 heteroatoms. The molecule has 0 aliphatic carbocycles. The van der Waals surface area contributed by atoms with Crippen LogP contribution in [0.25, 0.3) is 30.4 Å². The lowest BCUT2D eigenvalue weighted by atomic mass is 9.78. The number of carbonyl (C=O) groups is 2. The maximum atomic E-state index is 12.6. The zero-order valence-corrected chi connectivity index (χ0v) is 25.0. The van der Waals surface area contributed by atoms with Crippen molar-refractivity contribution in [3.63, 3.8) is 0 Å². The molecule has 43 heavy (non-hydrogen) atoms. The molecule has 3 atom stereocenters. The van der Waals surface area contributed by atoms with E-state index in [1.807, 2.05) is 45.1 Å². The van der Waals surface area contributed by atoms with Crippen LogP contribution in [0.3, 0.4) is 0 Å². The molecule has 0 saturated carbocycles. The van der Waals surface area contributed by atoms with E-state index >= 15 is 0 Å². The Morgan fingerprint density at radius 1 is 1.00 bits per heavy atom. The zero-order valence-electron chi connectivity index (χ0n) is 25.0. The van der Waals surface area contributed by atoms with Crippen LogP contribution in [0.2, 0.25) is 0 Å². The van der Waals surface area contributed by atoms with Crippen LogP contribution >= 0.6 is 0 Å². The highest BCUT2D eigenvalue weighted by molar-refractivity contribution is 5.76. The standard InChI is InChI=1S/C34H38N4O5/c1-7-20-17(3)23-13-24-19(5)22(9-10-31(39)40)28(37-24)16-30-34(12-11-32(41)43-34)33(6,42)29(38-30)15-27-21(8-2)18(4)25(36-27)14-26(20)35-23/h7-8,13-14,16,29,35-38,42H,1-2,9-12,15H2,3-6H3,(H,39,40)/b23-13-,26-14-,30-16-/t29?,33-,34+/m0/s1. The van der Waals surface area contributed by atoms with E-state index in [2.05, 4.69) is 39.5 Å². The first-order valence-corrected chi connectivity index (χ1v) is 14.6. The van der Waals surface area contributed by atoms with Gasteiger partial charge in [-0.05, 0) is 80.2 Å². The van der Waals surface area contributed by atoms with Crippen molar-refractivity contribution in [3.05, 3.63) is 85.7 Å². The second kappa shape index (κ2) is 10.1. The lowest BCUT2D eigenvalue weighted by Crippen LogP contribution is -2.54. The van der Waals surface area contributed by atoms with Gasteiger partial charge in [0, 0.05) is 64.7 Å². The molecule has 224 valence electrons. The zero-order chi connectivity index (χ0) is 30.8. The number of nitrogens with one attached hydrogen (secondary N) is 4. The van der Waals surface area contributed by atoms with E-state index in [9.17, 15) is 19.8 Å². The third-order valence-corrected chi connectivity index (χ3v) is 9.74. The molecule has 6 N–H and O–H groups in total. The summed E-state index contributed by atoms with van der Waals surface area (Å²) < 4.78 is 5.99. The number of rotatable bonds is 5. The SMILES string of the molecule is C=Cc1c2[nH]c(c1C)/C=c1\[nH]/c(c(C)c1C=C)=C\c1[nH]c(c(CCC(=O)O)c1C)/C=C1\NC(C2)[C@](C)(O)[C@@]12CCC(=O)O2. The van der Waals surface area contributed by atoms with Gasteiger partial charge in [-0.25, -0.2) is 0 Å². The molecule has 0 aromatic carbocycles. The van der Waals surface area contributed by atoms with Crippen LogP contribution in [0.1, 0.15) is 82.3 Å². The minimum atomic E-state index is -1.45. The topological polar surface area (TPSA) is 143 Å². The molecule has 3 aliphatic rings. The summed E-state index contributed by atoms with van der Waals surface area (Å²) in [4.78, 5) is 34.8. The summed E-state index contributed by atoms with van der Waals surface area (Å²) in [5.74, 6) is -1.25. The Labute approximate surface area is 249 Å². The number of aromatic nitrogens is 3. The van der Waals surface area contributed by atoms with Crippen LogP contribution < -0.4 is 16.0 Å². The fourth-order valence-electron chi connectivity index (χ4n) is 7.12. The monoisotopic (exact) mass is 582 g/mol. The second-order valence-electron chi connectivity index (χ2n) is 12.1. The molecule has 3 aromatic heterocycles. The molecule has 8 bridgehead atoms. The molecule has 6 rings (SSSR count). The third-order valence-electron chi connectivity index (χ3n) is 9.74. The van der Waals surface area contributed by atoms with Crippen LogP contribution in [-0.4, -0.2) is 54.3 Å². The highest BCUT2D eigenvalue weighted by Gasteiger charge is 2.64. The summed E-state index contributed by atoms with van der Waals surface area (Å²) in [6, 6.07) is -0.505. The van der Waals surface area contributed by atoms with Crippen molar-refractivity contribution in [2.45, 2.75) is 77.0 Å². The number of fused-ring (bicyclic) bond motifs is 9. The van der Waals surface area contributed by atoms with E-state index in [0.717, 1.165) is 61.2 Å². The van der Waals surface area contributed by atoms with E-state index in [4.69, 9.17) is 4.74 Å². The first-order chi connectivity index (χ1) is 20.4. The molecule has 3 aromatic rings. The molecule has 1 unspecified atom stereocenters. The summed E-state index contributed by atoms with van der Waals surface area (Å²) in [5, 5.41) is 27.0. The third kappa shape index (κ3) is 4.33. The molecule has 0 radical (unpaired) electrons. The summed E-state index contributed by atoms with van der Waals surface area (Å²) in [7, 11) is 0. The Bertz CT molecular complexity index is 1860. The Hall–Kier alpha value is -4.50. The number of H-pyrrole nitrogens is 3. The van der Waals surface area contributed by atoms with Gasteiger partial charge in [0.25, 0.3) is 0 Å². The Balaban J connectivity index is 1.67. The molecule has 9 nitrogen and oxygen atoms in total. The molecule has 2 saturated heterocycles. The average molecular weight is 583 g/mol. The molecule has 3 aliphatic heterocycles. The highest BCUT2D eigenvalue weighted by Crippen LogP contribution is 2.49. The van der Waals surface area contributed by atoms with E-state index in [1.165, 1.54) is 0 Å². The molecule has 0 amide bonds. The number of carbonyl (C=O) groups excluding carboxylic acids is 1. The number of ether oxygens (including phenoxy) is 1. The number of aliphatic hydroxyl groups is 1. The molecule has 1 spiro atoms. The van der Waals surface area contributed by atoms with Gasteiger partial charge in [0.05, 0.1) is 11.7 Å². The lowest BCUT2D eigenvalue weighted by Gasteiger charge is -2.37. The average Bonchev–Trinajstić information content (AvgIpc) is 3.69. The van der Waals surface area contributed by atoms with Gasteiger partial charge in [-0.2, -0.15) is 0 Å². The Morgan fingerprint density at radius 2 is 1.70 bits per heavy atom. The fourth-order valence-corrected chi connectivity index (χ4v) is 7.12. The summed E-state index contributed by atoms with van der Waals surface area (Å²) in [6.07, 6.45) is 10.8. The van der Waals surface area contributed by atoms with Crippen molar-refractivity contribution < 1.29 is 24.5 Å². The maximum absolute atomic E-state index is 12.6. The minimum absolute atomic E-state index is 0.0396. The number of aromatic amines is 3. The number of aliphatic carboxylic acids is 1. The van der Waals surface area contributed by atoms with Gasteiger partial charge in [-0.1, -0.05) is 25.3 Å². The Kier molecular flexibility index (Phi) is 6.69. The quantitative estimate of drug-likeness (QED) is 0.255. The largest absolute Gasteiger partial charge is 0.481 e. The predicted molar refractivity (Wildman–Crippen MR) is 166 cm³/mol. The molecule has 6 heterocycles. The van der Waals surface area contributed by atoms with Gasteiger partial charge in [0.2, 0.25) is 0 Å². The van der Waals surface area contributed by atoms with Crippen molar-refractivity contribution in [2.75, 3.05) is 0 Å². The first kappa shape index (κ1) is 28.6. The van der Waals surface area contributed by atoms with E-state index in [-0.39, 0.29) is 18.8 Å². The minimum Gasteiger partial charge on any atom is -0.481 e. The smallest absolute Gasteiger partial charge is 0.307 e. The first-order valence-electron chi connectivity index (χ1n) is 14.6. The van der Waals surface area contributed by atoms with Crippen molar-refractivity contribution in [3.8, 4) is 0 Å². The van der Waals surface area contributed by atoms with Gasteiger partial charge < -0.3 is 35.2 Å². The fraction of sp³-hybridized carbons (Fsp3) is 0.353. The van der Waals surface area contributed by atoms with Crippen molar-refractivity contribution in [2.24, 2.45) is 0 Å². The predicted octanol–water partition coefficient (Wildman–Crippen LogP) is 3.25. The van der Waals surface area contributed by atoms with Crippen LogP contribution in [0.5, 0.6) is 0 Å². The number of carboxylic acids is 1. The number of esters is 1. The van der Waals surface area contributed by atoms with Crippen molar-refractivity contribution in [1.29, 1.82) is 0 Å². The van der Waals surface area contributed by atoms with Gasteiger partial charge in [0.1, 0.15) is 5.60 Å². The van der Waals surface area contributed by atoms with Crippen LogP contribution in [0.15, 0.2) is 18.9 Å². The number of hydrogen-bond donors (Lipinski definition) is 6. The van der Waals surface area contributed by atoms with Crippen LogP contribution in [-0.2, 0) is 27.2 Å². The summed E-state index contributed by atoms with van der Waals surface area (Å²) in [6.45, 7) is 15.9. The van der Waals surface area contributed by atoms with E-state index < -0.39 is 23.2 Å². The normalized spacial score (nSPS) is 27.0. The summed E-state index contributed by atoms with van der Waals surface area (Å²) >= 11 is 0. The highest BCUT2D eigenvalue weighted by atomic mass is 16.6. The summed E-state index contributed by atoms with van der Waals surface area (Å²) in [5.41, 5.74) is 7.02. The van der Waals surface area contributed by atoms with E-state index in [0.29, 0.717) is 30.7 Å². The van der Waals surface area contributed by atoms with Crippen LogP contribution in [0.4, 0.5) is 0 Å². The van der Waals surface area contributed by atoms with Gasteiger partial charge in [-0.3, -0.25) is 9.59 Å². The number of carboxylic acid groups (broad SMARTS) is 1. The van der Waals surface area contributed by atoms with E-state index in [1.54, 1.807) is 6.92 Å². The molecular weight excluding hydrogens is 544 g/mol. The van der Waals surface area contributed by atoms with Crippen LogP contribution in [0, 0.1) is 20.8 Å². The van der Waals surface area contributed by atoms with Gasteiger partial charge in [-0.15, -0.1) is 0 Å². The Morgan fingerprint density at radius 3 is 2.35 bits per heavy atom.